The highest BCUT2D eigenvalue weighted by atomic mass is 16.5. The normalized spacial score (nSPS) is 20.4. The summed E-state index contributed by atoms with van der Waals surface area (Å²) in [4.78, 5) is 6.63. The van der Waals surface area contributed by atoms with Gasteiger partial charge in [-0.15, -0.1) is 0 Å². The second-order valence-electron chi connectivity index (χ2n) is 4.42. The molecule has 0 amide bonds. The van der Waals surface area contributed by atoms with Gasteiger partial charge in [-0.3, -0.25) is 0 Å². The number of nitrogens with two attached hydrogens (primary N) is 1. The average molecular weight is 221 g/mol. The van der Waals surface area contributed by atoms with E-state index in [4.69, 9.17) is 10.5 Å². The van der Waals surface area contributed by atoms with Gasteiger partial charge in [0.05, 0.1) is 12.3 Å². The van der Waals surface area contributed by atoms with Gasteiger partial charge in [0.25, 0.3) is 0 Å². The van der Waals surface area contributed by atoms with E-state index in [1.165, 1.54) is 0 Å². The largest absolute Gasteiger partial charge is 0.396 e. The van der Waals surface area contributed by atoms with Crippen LogP contribution in [-0.4, -0.2) is 31.8 Å². The molecule has 1 aromatic heterocycles. The van der Waals surface area contributed by atoms with Crippen molar-refractivity contribution in [2.24, 2.45) is 5.92 Å². The Morgan fingerprint density at radius 2 is 2.44 bits per heavy atom. The van der Waals surface area contributed by atoms with Crippen molar-refractivity contribution < 1.29 is 4.74 Å². The first-order valence-corrected chi connectivity index (χ1v) is 5.67. The van der Waals surface area contributed by atoms with Crippen molar-refractivity contribution >= 4 is 11.5 Å². The topological polar surface area (TPSA) is 51.4 Å². The van der Waals surface area contributed by atoms with Crippen molar-refractivity contribution in [3.8, 4) is 0 Å². The number of hydrogen-bond donors (Lipinski definition) is 1. The molecule has 2 heterocycles. The molecule has 1 aliphatic heterocycles. The minimum atomic E-state index is 0.603. The van der Waals surface area contributed by atoms with Crippen molar-refractivity contribution in [1.29, 1.82) is 0 Å². The van der Waals surface area contributed by atoms with E-state index in [0.717, 1.165) is 43.2 Å². The van der Waals surface area contributed by atoms with Gasteiger partial charge in [0.15, 0.2) is 5.82 Å². The smallest absolute Gasteiger partial charge is 0.152 e. The number of nitrogens with zero attached hydrogens (tertiary/aromatic N) is 2. The van der Waals surface area contributed by atoms with E-state index in [9.17, 15) is 0 Å². The fourth-order valence-corrected chi connectivity index (χ4v) is 2.20. The van der Waals surface area contributed by atoms with Crippen LogP contribution in [0.2, 0.25) is 0 Å². The average Bonchev–Trinajstić information content (AvgIpc) is 2.71. The summed E-state index contributed by atoms with van der Waals surface area (Å²) in [6.45, 7) is 4.86. The molecule has 0 bridgehead atoms. The van der Waals surface area contributed by atoms with Crippen molar-refractivity contribution in [2.75, 3.05) is 37.4 Å². The number of nitrogen functional groups attached to an aromatic ring is 1. The molecule has 4 heteroatoms. The Labute approximate surface area is 96.4 Å². The van der Waals surface area contributed by atoms with Crippen LogP contribution in [0.5, 0.6) is 0 Å². The molecule has 1 saturated heterocycles. The van der Waals surface area contributed by atoms with Gasteiger partial charge in [0.2, 0.25) is 0 Å². The van der Waals surface area contributed by atoms with E-state index in [1.54, 1.807) is 7.11 Å². The number of aryl methyl sites for hydroxylation is 1. The highest BCUT2D eigenvalue weighted by molar-refractivity contribution is 5.66. The molecule has 1 fully saturated rings. The van der Waals surface area contributed by atoms with Crippen molar-refractivity contribution in [2.45, 2.75) is 13.3 Å². The van der Waals surface area contributed by atoms with Gasteiger partial charge in [0.1, 0.15) is 0 Å². The summed E-state index contributed by atoms with van der Waals surface area (Å²) in [5, 5.41) is 0. The molecule has 0 saturated carbocycles. The number of ether oxygens (including phenoxy) is 1. The Kier molecular flexibility index (Phi) is 3.29. The second-order valence-corrected chi connectivity index (χ2v) is 4.42. The lowest BCUT2D eigenvalue weighted by molar-refractivity contribution is 0.161. The summed E-state index contributed by atoms with van der Waals surface area (Å²) in [5.41, 5.74) is 7.95. The van der Waals surface area contributed by atoms with Crippen LogP contribution < -0.4 is 10.6 Å². The van der Waals surface area contributed by atoms with Crippen LogP contribution in [0.3, 0.4) is 0 Å². The van der Waals surface area contributed by atoms with Crippen molar-refractivity contribution in [1.82, 2.24) is 4.98 Å². The predicted octanol–water partition coefficient (Wildman–Crippen LogP) is 1.44. The molecule has 0 aliphatic carbocycles. The summed E-state index contributed by atoms with van der Waals surface area (Å²) in [5.74, 6) is 1.53. The molecule has 88 valence electrons. The molecule has 0 aromatic carbocycles. The molecular formula is C12H19N3O. The standard InChI is InChI=1S/C12H19N3O/c1-9-3-5-14-12(11(9)13)15-6-4-10(7-15)8-16-2/h3,5,10H,4,6-8,13H2,1-2H3. The molecule has 1 aromatic rings. The van der Waals surface area contributed by atoms with Crippen molar-refractivity contribution in [3.05, 3.63) is 17.8 Å². The number of rotatable bonds is 3. The highest BCUT2D eigenvalue weighted by Crippen LogP contribution is 2.28. The zero-order chi connectivity index (χ0) is 11.5. The highest BCUT2D eigenvalue weighted by Gasteiger charge is 2.24. The third-order valence-electron chi connectivity index (χ3n) is 3.17. The third kappa shape index (κ3) is 2.11. The fourth-order valence-electron chi connectivity index (χ4n) is 2.20. The van der Waals surface area contributed by atoms with Crippen LogP contribution in [0, 0.1) is 12.8 Å². The second kappa shape index (κ2) is 4.70. The third-order valence-corrected chi connectivity index (χ3v) is 3.17. The summed E-state index contributed by atoms with van der Waals surface area (Å²) in [7, 11) is 1.75. The van der Waals surface area contributed by atoms with Gasteiger partial charge in [-0.05, 0) is 25.0 Å². The number of hydrogen-bond acceptors (Lipinski definition) is 4. The van der Waals surface area contributed by atoms with Crippen LogP contribution >= 0.6 is 0 Å². The van der Waals surface area contributed by atoms with Gasteiger partial charge >= 0.3 is 0 Å². The molecule has 2 rings (SSSR count). The molecule has 4 nitrogen and oxygen atoms in total. The summed E-state index contributed by atoms with van der Waals surface area (Å²) >= 11 is 0. The Hall–Kier alpha value is -1.29. The molecule has 1 aliphatic rings. The monoisotopic (exact) mass is 221 g/mol. The van der Waals surface area contributed by atoms with Gasteiger partial charge < -0.3 is 15.4 Å². The summed E-state index contributed by atoms with van der Waals surface area (Å²) in [6, 6.07) is 1.95. The van der Waals surface area contributed by atoms with E-state index in [1.807, 2.05) is 19.2 Å². The van der Waals surface area contributed by atoms with E-state index in [2.05, 4.69) is 9.88 Å². The molecule has 1 atom stereocenters. The molecule has 0 radical (unpaired) electrons. The van der Waals surface area contributed by atoms with Crippen LogP contribution in [0.25, 0.3) is 0 Å². The van der Waals surface area contributed by atoms with Crippen molar-refractivity contribution in [3.63, 3.8) is 0 Å². The minimum Gasteiger partial charge on any atom is -0.396 e. The van der Waals surface area contributed by atoms with Crippen LogP contribution in [0.15, 0.2) is 12.3 Å². The fraction of sp³-hybridized carbons (Fsp3) is 0.583. The Morgan fingerprint density at radius 1 is 1.62 bits per heavy atom. The minimum absolute atomic E-state index is 0.603. The maximum atomic E-state index is 6.05. The Morgan fingerprint density at radius 3 is 3.19 bits per heavy atom. The lowest BCUT2D eigenvalue weighted by atomic mass is 10.1. The van der Waals surface area contributed by atoms with Gasteiger partial charge in [-0.25, -0.2) is 4.98 Å². The zero-order valence-corrected chi connectivity index (χ0v) is 9.94. The summed E-state index contributed by atoms with van der Waals surface area (Å²) < 4.78 is 5.19. The first-order valence-electron chi connectivity index (χ1n) is 5.67. The molecule has 0 spiro atoms. The first-order chi connectivity index (χ1) is 7.72. The maximum Gasteiger partial charge on any atom is 0.152 e. The van der Waals surface area contributed by atoms with Crippen LogP contribution in [0.4, 0.5) is 11.5 Å². The maximum absolute atomic E-state index is 6.05. The number of methoxy groups -OCH3 is 1. The quantitative estimate of drug-likeness (QED) is 0.839. The lowest BCUT2D eigenvalue weighted by Gasteiger charge is -2.20. The van der Waals surface area contributed by atoms with Crippen LogP contribution in [-0.2, 0) is 4.74 Å². The number of aromatic nitrogens is 1. The number of anilines is 2. The zero-order valence-electron chi connectivity index (χ0n) is 9.94. The molecule has 16 heavy (non-hydrogen) atoms. The Bertz CT molecular complexity index is 367. The van der Waals surface area contributed by atoms with E-state index < -0.39 is 0 Å². The van der Waals surface area contributed by atoms with E-state index in [-0.39, 0.29) is 0 Å². The van der Waals surface area contributed by atoms with Gasteiger partial charge in [-0.1, -0.05) is 0 Å². The van der Waals surface area contributed by atoms with Crippen LogP contribution in [0.1, 0.15) is 12.0 Å². The Balaban J connectivity index is 2.11. The summed E-state index contributed by atoms with van der Waals surface area (Å²) in [6.07, 6.45) is 2.98. The number of pyridine rings is 1. The predicted molar refractivity (Wildman–Crippen MR) is 65.6 cm³/mol. The van der Waals surface area contributed by atoms with Gasteiger partial charge in [0, 0.05) is 32.3 Å². The molecule has 1 unspecified atom stereocenters. The lowest BCUT2D eigenvalue weighted by Crippen LogP contribution is -2.23. The SMILES string of the molecule is COCC1CCN(c2nccc(C)c2N)C1. The molecule has 2 N–H and O–H groups in total. The van der Waals surface area contributed by atoms with Gasteiger partial charge in [-0.2, -0.15) is 0 Å². The first kappa shape index (κ1) is 11.2. The van der Waals surface area contributed by atoms with E-state index >= 15 is 0 Å². The van der Waals surface area contributed by atoms with E-state index in [0.29, 0.717) is 5.92 Å². The molecular weight excluding hydrogens is 202 g/mol.